The summed E-state index contributed by atoms with van der Waals surface area (Å²) in [5.74, 6) is 2.09. The Morgan fingerprint density at radius 3 is 2.10 bits per heavy atom. The summed E-state index contributed by atoms with van der Waals surface area (Å²) >= 11 is 5.98. The van der Waals surface area contributed by atoms with Gasteiger partial charge in [-0.05, 0) is 72.2 Å². The molecule has 2 heterocycles. The van der Waals surface area contributed by atoms with Crippen LogP contribution in [0.1, 0.15) is 46.2 Å². The van der Waals surface area contributed by atoms with Crippen LogP contribution in [0.25, 0.3) is 0 Å². The number of halogens is 1. The zero-order valence-electron chi connectivity index (χ0n) is 16.1. The van der Waals surface area contributed by atoms with Gasteiger partial charge in [-0.15, -0.1) is 0 Å². The lowest BCUT2D eigenvalue weighted by atomic mass is 9.74. The lowest BCUT2D eigenvalue weighted by molar-refractivity contribution is 0.102. The third-order valence-corrected chi connectivity index (χ3v) is 7.31. The number of carbonyl (C=O) groups excluding carboxylic acids is 1. The molecule has 0 radical (unpaired) electrons. The SMILES string of the molecule is O=C(Nc1ccc(Cl)cc1)c1cc2c3c(c1)[C@H]1C=CC[C@H]1CN3C[C@H]1CC=C[C@H]21. The molecule has 4 atom stereocenters. The van der Waals surface area contributed by atoms with Crippen molar-refractivity contribution in [3.63, 3.8) is 0 Å². The van der Waals surface area contributed by atoms with Gasteiger partial charge in [0.2, 0.25) is 0 Å². The first-order valence-electron chi connectivity index (χ1n) is 10.5. The normalized spacial score (nSPS) is 28.1. The first-order valence-corrected chi connectivity index (χ1v) is 10.9. The molecule has 1 N–H and O–H groups in total. The third-order valence-electron chi connectivity index (χ3n) is 7.06. The van der Waals surface area contributed by atoms with E-state index in [1.54, 1.807) is 12.1 Å². The number of hydrogen-bond acceptors (Lipinski definition) is 2. The van der Waals surface area contributed by atoms with E-state index >= 15 is 0 Å². The minimum atomic E-state index is -0.0499. The van der Waals surface area contributed by atoms with Crippen molar-refractivity contribution in [3.05, 3.63) is 82.4 Å². The Kier molecular flexibility index (Phi) is 3.89. The molecule has 6 rings (SSSR count). The third kappa shape index (κ3) is 2.75. The number of allylic oxidation sites excluding steroid dienone is 4. The Labute approximate surface area is 176 Å². The van der Waals surface area contributed by atoms with Crippen molar-refractivity contribution in [1.29, 1.82) is 0 Å². The van der Waals surface area contributed by atoms with Crippen LogP contribution in [0.4, 0.5) is 11.4 Å². The highest BCUT2D eigenvalue weighted by Gasteiger charge is 2.42. The number of hydrogen-bond donors (Lipinski definition) is 1. The molecule has 146 valence electrons. The summed E-state index contributed by atoms with van der Waals surface area (Å²) in [6.45, 7) is 2.27. The number of nitrogens with one attached hydrogen (secondary N) is 1. The van der Waals surface area contributed by atoms with Crippen molar-refractivity contribution in [1.82, 2.24) is 0 Å². The quantitative estimate of drug-likeness (QED) is 0.649. The molecule has 2 aromatic carbocycles. The molecule has 0 unspecified atom stereocenters. The van der Waals surface area contributed by atoms with Crippen LogP contribution in [0.2, 0.25) is 5.02 Å². The first kappa shape index (κ1) is 17.3. The molecular formula is C25H23ClN2O. The van der Waals surface area contributed by atoms with Crippen molar-refractivity contribution in [2.24, 2.45) is 11.8 Å². The first-order chi connectivity index (χ1) is 14.2. The Hall–Kier alpha value is -2.52. The Bertz CT molecular complexity index is 1000. The van der Waals surface area contributed by atoms with E-state index in [0.29, 0.717) is 28.7 Å². The standard InChI is InChI=1S/C25H23ClN2O/c26-18-7-9-19(10-8-18)27-25(29)17-11-22-20-5-1-3-15(20)13-28-14-16-4-2-6-21(16)23(12-17)24(22)28/h1-2,5-12,15-16,20-21H,3-4,13-14H2,(H,27,29)/t15-,16+,20-,21-/m0/s1. The van der Waals surface area contributed by atoms with Crippen LogP contribution >= 0.6 is 11.6 Å². The van der Waals surface area contributed by atoms with Crippen molar-refractivity contribution in [3.8, 4) is 0 Å². The van der Waals surface area contributed by atoms with Crippen molar-refractivity contribution >= 4 is 28.9 Å². The van der Waals surface area contributed by atoms with E-state index in [1.807, 2.05) is 12.1 Å². The van der Waals surface area contributed by atoms with E-state index in [9.17, 15) is 4.79 Å². The maximum atomic E-state index is 13.1. The van der Waals surface area contributed by atoms with Gasteiger partial charge in [0, 0.05) is 46.9 Å². The number of benzene rings is 2. The van der Waals surface area contributed by atoms with Gasteiger partial charge in [0.1, 0.15) is 0 Å². The second-order valence-electron chi connectivity index (χ2n) is 8.77. The van der Waals surface area contributed by atoms with Crippen LogP contribution in [0.3, 0.4) is 0 Å². The Balaban J connectivity index is 1.44. The van der Waals surface area contributed by atoms with Crippen LogP contribution in [-0.2, 0) is 0 Å². The topological polar surface area (TPSA) is 32.3 Å². The molecule has 0 spiro atoms. The molecular weight excluding hydrogens is 380 g/mol. The fourth-order valence-electron chi connectivity index (χ4n) is 5.74. The number of nitrogens with zero attached hydrogens (tertiary/aromatic N) is 1. The largest absolute Gasteiger partial charge is 0.370 e. The van der Waals surface area contributed by atoms with Crippen LogP contribution in [0.15, 0.2) is 60.7 Å². The lowest BCUT2D eigenvalue weighted by Gasteiger charge is -2.46. The minimum absolute atomic E-state index is 0.0499. The molecule has 0 saturated carbocycles. The second kappa shape index (κ2) is 6.50. The highest BCUT2D eigenvalue weighted by molar-refractivity contribution is 6.30. The molecule has 2 aliphatic heterocycles. The summed E-state index contributed by atoms with van der Waals surface area (Å²) in [6.07, 6.45) is 11.6. The molecule has 0 aromatic heterocycles. The fraction of sp³-hybridized carbons (Fsp3) is 0.320. The van der Waals surface area contributed by atoms with Crippen molar-refractivity contribution in [2.45, 2.75) is 24.7 Å². The van der Waals surface area contributed by atoms with Gasteiger partial charge in [0.05, 0.1) is 0 Å². The molecule has 29 heavy (non-hydrogen) atoms. The molecule has 0 saturated heterocycles. The van der Waals surface area contributed by atoms with Gasteiger partial charge < -0.3 is 10.2 Å². The van der Waals surface area contributed by atoms with Crippen LogP contribution < -0.4 is 10.2 Å². The highest BCUT2D eigenvalue weighted by Crippen LogP contribution is 2.53. The summed E-state index contributed by atoms with van der Waals surface area (Å²) in [4.78, 5) is 15.7. The summed E-state index contributed by atoms with van der Waals surface area (Å²) in [5, 5.41) is 3.71. The molecule has 2 aliphatic carbocycles. The molecule has 0 fully saturated rings. The van der Waals surface area contributed by atoms with Gasteiger partial charge in [-0.3, -0.25) is 4.79 Å². The van der Waals surface area contributed by atoms with Gasteiger partial charge in [-0.1, -0.05) is 35.9 Å². The summed E-state index contributed by atoms with van der Waals surface area (Å²) in [5.41, 5.74) is 5.61. The predicted octanol–water partition coefficient (Wildman–Crippen LogP) is 5.75. The monoisotopic (exact) mass is 402 g/mol. The predicted molar refractivity (Wildman–Crippen MR) is 118 cm³/mol. The molecule has 3 nitrogen and oxygen atoms in total. The average Bonchev–Trinajstić information content (AvgIpc) is 3.39. The van der Waals surface area contributed by atoms with Gasteiger partial charge in [-0.2, -0.15) is 0 Å². The van der Waals surface area contributed by atoms with Gasteiger partial charge in [0.25, 0.3) is 5.91 Å². The number of carbonyl (C=O) groups is 1. The summed E-state index contributed by atoms with van der Waals surface area (Å²) < 4.78 is 0. The molecule has 4 aliphatic rings. The van der Waals surface area contributed by atoms with Gasteiger partial charge in [-0.25, -0.2) is 0 Å². The van der Waals surface area contributed by atoms with Crippen molar-refractivity contribution in [2.75, 3.05) is 23.3 Å². The van der Waals surface area contributed by atoms with E-state index in [1.165, 1.54) is 16.8 Å². The maximum absolute atomic E-state index is 13.1. The zero-order valence-corrected chi connectivity index (χ0v) is 16.9. The van der Waals surface area contributed by atoms with E-state index in [4.69, 9.17) is 11.6 Å². The average molecular weight is 403 g/mol. The number of anilines is 2. The van der Waals surface area contributed by atoms with Crippen molar-refractivity contribution < 1.29 is 4.79 Å². The highest BCUT2D eigenvalue weighted by atomic mass is 35.5. The fourth-order valence-corrected chi connectivity index (χ4v) is 5.87. The number of rotatable bonds is 2. The number of fused-ring (bicyclic) bond motifs is 4. The molecule has 1 amide bonds. The minimum Gasteiger partial charge on any atom is -0.370 e. The van der Waals surface area contributed by atoms with E-state index in [2.05, 4.69) is 46.7 Å². The Morgan fingerprint density at radius 1 is 0.931 bits per heavy atom. The Morgan fingerprint density at radius 2 is 1.52 bits per heavy atom. The summed E-state index contributed by atoms with van der Waals surface area (Å²) in [6, 6.07) is 11.6. The second-order valence-corrected chi connectivity index (χ2v) is 9.21. The summed E-state index contributed by atoms with van der Waals surface area (Å²) in [7, 11) is 0. The van der Waals surface area contributed by atoms with Gasteiger partial charge >= 0.3 is 0 Å². The molecule has 4 heteroatoms. The van der Waals surface area contributed by atoms with Gasteiger partial charge in [0.15, 0.2) is 0 Å². The van der Waals surface area contributed by atoms with Crippen LogP contribution in [0, 0.1) is 11.8 Å². The van der Waals surface area contributed by atoms with Crippen LogP contribution in [-0.4, -0.2) is 19.0 Å². The lowest BCUT2D eigenvalue weighted by Crippen LogP contribution is -2.43. The molecule has 2 aromatic rings. The van der Waals surface area contributed by atoms with E-state index < -0.39 is 0 Å². The molecule has 0 bridgehead atoms. The van der Waals surface area contributed by atoms with E-state index in [0.717, 1.165) is 37.2 Å². The smallest absolute Gasteiger partial charge is 0.255 e. The zero-order chi connectivity index (χ0) is 19.5. The number of amides is 1. The van der Waals surface area contributed by atoms with Crippen LogP contribution in [0.5, 0.6) is 0 Å². The maximum Gasteiger partial charge on any atom is 0.255 e. The van der Waals surface area contributed by atoms with E-state index in [-0.39, 0.29) is 5.91 Å².